The molecule has 4 rings (SSSR count). The fourth-order valence-corrected chi connectivity index (χ4v) is 3.55. The average molecular weight is 350 g/mol. The smallest absolute Gasteiger partial charge is 0.242 e. The summed E-state index contributed by atoms with van der Waals surface area (Å²) < 4.78 is 1.63. The van der Waals surface area contributed by atoms with Crippen molar-refractivity contribution in [1.82, 2.24) is 20.1 Å². The van der Waals surface area contributed by atoms with Crippen molar-refractivity contribution < 1.29 is 9.90 Å². The molecule has 1 unspecified atom stereocenters. The monoisotopic (exact) mass is 350 g/mol. The lowest BCUT2D eigenvalue weighted by molar-refractivity contribution is -0.123. The summed E-state index contributed by atoms with van der Waals surface area (Å²) in [6, 6.07) is 11.7. The zero-order chi connectivity index (χ0) is 18.1. The zero-order valence-electron chi connectivity index (χ0n) is 14.7. The van der Waals surface area contributed by atoms with E-state index in [9.17, 15) is 9.90 Å². The van der Waals surface area contributed by atoms with Crippen LogP contribution in [0.1, 0.15) is 30.1 Å². The van der Waals surface area contributed by atoms with Crippen LogP contribution in [0.25, 0.3) is 10.9 Å². The summed E-state index contributed by atoms with van der Waals surface area (Å²) in [5, 5.41) is 18.2. The Bertz CT molecular complexity index is 930. The van der Waals surface area contributed by atoms with Crippen molar-refractivity contribution in [2.75, 3.05) is 0 Å². The van der Waals surface area contributed by atoms with Gasteiger partial charge in [0.05, 0.1) is 23.4 Å². The van der Waals surface area contributed by atoms with Crippen LogP contribution in [-0.2, 0) is 11.3 Å². The van der Waals surface area contributed by atoms with E-state index in [0.717, 1.165) is 22.2 Å². The average Bonchev–Trinajstić information content (AvgIpc) is 3.01. The van der Waals surface area contributed by atoms with Gasteiger partial charge in [0.15, 0.2) is 0 Å². The summed E-state index contributed by atoms with van der Waals surface area (Å²) in [5.74, 6) is 0.129. The van der Waals surface area contributed by atoms with Gasteiger partial charge in [-0.05, 0) is 49.4 Å². The summed E-state index contributed by atoms with van der Waals surface area (Å²) >= 11 is 0. The van der Waals surface area contributed by atoms with Crippen LogP contribution in [0.15, 0.2) is 48.8 Å². The summed E-state index contributed by atoms with van der Waals surface area (Å²) in [7, 11) is 0. The SMILES string of the molecule is Cc1ccn(CC(=O)NC(c2cnc3ccccc3c2)C2CC(O)C2)n1. The molecule has 1 atom stereocenters. The zero-order valence-corrected chi connectivity index (χ0v) is 14.7. The number of aliphatic hydroxyl groups is 1. The number of fused-ring (bicyclic) bond motifs is 1. The van der Waals surface area contributed by atoms with Crippen LogP contribution in [-0.4, -0.2) is 31.9 Å². The number of amides is 1. The van der Waals surface area contributed by atoms with Crippen molar-refractivity contribution in [3.63, 3.8) is 0 Å². The van der Waals surface area contributed by atoms with Gasteiger partial charge < -0.3 is 10.4 Å². The Balaban J connectivity index is 1.56. The topological polar surface area (TPSA) is 80.0 Å². The van der Waals surface area contributed by atoms with E-state index in [0.29, 0.717) is 12.8 Å². The number of aromatic nitrogens is 3. The van der Waals surface area contributed by atoms with Gasteiger partial charge in [-0.1, -0.05) is 18.2 Å². The van der Waals surface area contributed by atoms with Crippen LogP contribution in [0, 0.1) is 12.8 Å². The summed E-state index contributed by atoms with van der Waals surface area (Å²) in [6.07, 6.45) is 4.74. The third-order valence-corrected chi connectivity index (χ3v) is 4.99. The molecule has 2 heterocycles. The molecule has 1 aliphatic rings. The Labute approximate surface area is 151 Å². The van der Waals surface area contributed by atoms with Crippen LogP contribution in [0.3, 0.4) is 0 Å². The van der Waals surface area contributed by atoms with Crippen molar-refractivity contribution in [2.45, 2.75) is 38.5 Å². The fourth-order valence-electron chi connectivity index (χ4n) is 3.55. The predicted octanol–water partition coefficient (Wildman–Crippen LogP) is 2.37. The van der Waals surface area contributed by atoms with E-state index in [1.165, 1.54) is 0 Å². The number of benzene rings is 1. The molecule has 0 radical (unpaired) electrons. The van der Waals surface area contributed by atoms with E-state index in [1.807, 2.05) is 43.5 Å². The van der Waals surface area contributed by atoms with Crippen molar-refractivity contribution in [2.24, 2.45) is 5.92 Å². The van der Waals surface area contributed by atoms with Crippen LogP contribution in [0.2, 0.25) is 0 Å². The summed E-state index contributed by atoms with van der Waals surface area (Å²) in [5.41, 5.74) is 2.79. The Morgan fingerprint density at radius 3 is 2.88 bits per heavy atom. The van der Waals surface area contributed by atoms with Gasteiger partial charge in [-0.25, -0.2) is 0 Å². The first-order valence-corrected chi connectivity index (χ1v) is 8.90. The number of hydrogen-bond acceptors (Lipinski definition) is 4. The maximum Gasteiger partial charge on any atom is 0.242 e. The number of hydrogen-bond donors (Lipinski definition) is 2. The second kappa shape index (κ2) is 6.88. The number of aryl methyl sites for hydroxylation is 1. The molecular formula is C20H22N4O2. The molecule has 6 heteroatoms. The highest BCUT2D eigenvalue weighted by Gasteiger charge is 2.36. The first-order chi connectivity index (χ1) is 12.6. The number of rotatable bonds is 5. The molecule has 0 bridgehead atoms. The van der Waals surface area contributed by atoms with E-state index in [4.69, 9.17) is 0 Å². The molecule has 0 aliphatic heterocycles. The van der Waals surface area contributed by atoms with Crippen molar-refractivity contribution in [3.8, 4) is 0 Å². The molecule has 1 saturated carbocycles. The third kappa shape index (κ3) is 3.46. The van der Waals surface area contributed by atoms with Crippen molar-refractivity contribution in [3.05, 3.63) is 60.0 Å². The molecule has 2 aromatic heterocycles. The standard InChI is InChI=1S/C20H22N4O2/c1-13-6-7-24(23-13)12-19(26)22-20(15-9-17(25)10-15)16-8-14-4-2-3-5-18(14)21-11-16/h2-8,11,15,17,20,25H,9-10,12H2,1H3,(H,22,26). The largest absolute Gasteiger partial charge is 0.393 e. The van der Waals surface area contributed by atoms with Gasteiger partial charge in [-0.15, -0.1) is 0 Å². The van der Waals surface area contributed by atoms with E-state index < -0.39 is 0 Å². The lowest BCUT2D eigenvalue weighted by Crippen LogP contribution is -2.42. The number of carbonyl (C=O) groups is 1. The Hall–Kier alpha value is -2.73. The number of aliphatic hydroxyl groups excluding tert-OH is 1. The molecule has 2 N–H and O–H groups in total. The van der Waals surface area contributed by atoms with Crippen LogP contribution < -0.4 is 5.32 Å². The van der Waals surface area contributed by atoms with Gasteiger partial charge in [-0.3, -0.25) is 14.5 Å². The number of nitrogens with zero attached hydrogens (tertiary/aromatic N) is 3. The van der Waals surface area contributed by atoms with E-state index >= 15 is 0 Å². The number of pyridine rings is 1. The van der Waals surface area contributed by atoms with Gasteiger partial charge in [0.1, 0.15) is 6.54 Å². The highest BCUT2D eigenvalue weighted by molar-refractivity contribution is 5.79. The second-order valence-corrected chi connectivity index (χ2v) is 7.05. The molecule has 1 aliphatic carbocycles. The quantitative estimate of drug-likeness (QED) is 0.740. The van der Waals surface area contributed by atoms with E-state index in [-0.39, 0.29) is 30.5 Å². The van der Waals surface area contributed by atoms with Gasteiger partial charge in [0.25, 0.3) is 0 Å². The van der Waals surface area contributed by atoms with E-state index in [2.05, 4.69) is 21.5 Å². The van der Waals surface area contributed by atoms with Gasteiger partial charge >= 0.3 is 0 Å². The summed E-state index contributed by atoms with van der Waals surface area (Å²) in [4.78, 5) is 17.1. The minimum absolute atomic E-state index is 0.0901. The number of nitrogens with one attached hydrogen (secondary N) is 1. The number of para-hydroxylation sites is 1. The predicted molar refractivity (Wildman–Crippen MR) is 98.3 cm³/mol. The minimum Gasteiger partial charge on any atom is -0.393 e. The first kappa shape index (κ1) is 16.7. The minimum atomic E-state index is -0.276. The van der Waals surface area contributed by atoms with Gasteiger partial charge in [0, 0.05) is 17.8 Å². The summed E-state index contributed by atoms with van der Waals surface area (Å²) in [6.45, 7) is 2.08. The highest BCUT2D eigenvalue weighted by Crippen LogP contribution is 2.38. The van der Waals surface area contributed by atoms with Crippen molar-refractivity contribution in [1.29, 1.82) is 0 Å². The van der Waals surface area contributed by atoms with Crippen LogP contribution in [0.5, 0.6) is 0 Å². The van der Waals surface area contributed by atoms with Crippen molar-refractivity contribution >= 4 is 16.8 Å². The Morgan fingerprint density at radius 1 is 1.35 bits per heavy atom. The number of carbonyl (C=O) groups excluding carboxylic acids is 1. The lowest BCUT2D eigenvalue weighted by Gasteiger charge is -2.38. The Morgan fingerprint density at radius 2 is 2.15 bits per heavy atom. The van der Waals surface area contributed by atoms with Crippen LogP contribution >= 0.6 is 0 Å². The molecule has 1 amide bonds. The van der Waals surface area contributed by atoms with Crippen LogP contribution in [0.4, 0.5) is 0 Å². The molecule has 134 valence electrons. The molecule has 0 saturated heterocycles. The second-order valence-electron chi connectivity index (χ2n) is 7.05. The molecule has 3 aromatic rings. The third-order valence-electron chi connectivity index (χ3n) is 4.99. The molecular weight excluding hydrogens is 328 g/mol. The molecule has 0 spiro atoms. The first-order valence-electron chi connectivity index (χ1n) is 8.90. The van der Waals surface area contributed by atoms with E-state index in [1.54, 1.807) is 10.9 Å². The molecule has 1 aromatic carbocycles. The molecule has 1 fully saturated rings. The van der Waals surface area contributed by atoms with Gasteiger partial charge in [-0.2, -0.15) is 5.10 Å². The maximum atomic E-state index is 12.5. The fraction of sp³-hybridized carbons (Fsp3) is 0.350. The highest BCUT2D eigenvalue weighted by atomic mass is 16.3. The maximum absolute atomic E-state index is 12.5. The normalized spacial score (nSPS) is 20.5. The Kier molecular flexibility index (Phi) is 4.42. The van der Waals surface area contributed by atoms with Gasteiger partial charge in [0.2, 0.25) is 5.91 Å². The lowest BCUT2D eigenvalue weighted by atomic mass is 9.75. The molecule has 6 nitrogen and oxygen atoms in total. The molecule has 26 heavy (non-hydrogen) atoms.